The van der Waals surface area contributed by atoms with Crippen molar-refractivity contribution in [1.29, 1.82) is 0 Å². The van der Waals surface area contributed by atoms with Crippen molar-refractivity contribution in [3.8, 4) is 0 Å². The number of benzene rings is 2. The van der Waals surface area contributed by atoms with Crippen LogP contribution in [-0.4, -0.2) is 34.4 Å². The molecule has 1 saturated heterocycles. The quantitative estimate of drug-likeness (QED) is 0.649. The third-order valence-corrected chi connectivity index (χ3v) is 5.55. The number of carbonyl (C=O) groups excluding carboxylic acids is 2. The Hall–Kier alpha value is -2.12. The summed E-state index contributed by atoms with van der Waals surface area (Å²) in [6, 6.07) is 11.2. The van der Waals surface area contributed by atoms with Crippen molar-refractivity contribution >= 4 is 35.0 Å². The average Bonchev–Trinajstić information content (AvgIpc) is 3.21. The van der Waals surface area contributed by atoms with Crippen molar-refractivity contribution in [2.45, 2.75) is 38.1 Å². The summed E-state index contributed by atoms with van der Waals surface area (Å²) in [5, 5.41) is 14.3. The predicted octanol–water partition coefficient (Wildman–Crippen LogP) is 2.79. The second kappa shape index (κ2) is 9.59. The first-order valence-electron chi connectivity index (χ1n) is 9.40. The lowest BCUT2D eigenvalue weighted by Crippen LogP contribution is -2.47. The number of amides is 2. The number of hydrogen-bond acceptors (Lipinski definition) is 4. The minimum atomic E-state index is -1.36. The van der Waals surface area contributed by atoms with Crippen LogP contribution in [0.1, 0.15) is 35.6 Å². The van der Waals surface area contributed by atoms with E-state index >= 15 is 0 Å². The molecular weight excluding hydrogens is 413 g/mol. The largest absolute Gasteiger partial charge is 0.378 e. The van der Waals surface area contributed by atoms with Crippen molar-refractivity contribution in [1.82, 2.24) is 10.2 Å². The smallest absolute Gasteiger partial charge is 0.256 e. The molecule has 4 N–H and O–H groups in total. The van der Waals surface area contributed by atoms with Crippen molar-refractivity contribution < 1.29 is 14.7 Å². The molecule has 8 heteroatoms. The molecule has 0 saturated carbocycles. The number of rotatable bonds is 6. The summed E-state index contributed by atoms with van der Waals surface area (Å²) in [6.45, 7) is 1.02. The maximum absolute atomic E-state index is 12.8. The fraction of sp³-hybridized carbons (Fsp3) is 0.333. The number of likely N-dealkylation sites (tertiary alicyclic amines) is 1. The summed E-state index contributed by atoms with van der Waals surface area (Å²) >= 11 is 12.0. The van der Waals surface area contributed by atoms with Gasteiger partial charge in [-0.1, -0.05) is 41.4 Å². The van der Waals surface area contributed by atoms with E-state index in [1.54, 1.807) is 36.4 Å². The molecule has 2 aromatic rings. The Bertz CT molecular complexity index is 906. The van der Waals surface area contributed by atoms with E-state index < -0.39 is 18.1 Å². The first-order chi connectivity index (χ1) is 13.9. The van der Waals surface area contributed by atoms with E-state index in [1.807, 2.05) is 6.07 Å². The number of nitrogens with two attached hydrogens (primary N) is 1. The summed E-state index contributed by atoms with van der Waals surface area (Å²) in [5.41, 5.74) is 7.88. The maximum atomic E-state index is 12.8. The van der Waals surface area contributed by atoms with Gasteiger partial charge in [-0.2, -0.15) is 0 Å². The molecule has 0 spiro atoms. The van der Waals surface area contributed by atoms with Gasteiger partial charge in [-0.15, -0.1) is 0 Å². The van der Waals surface area contributed by atoms with Crippen molar-refractivity contribution in [3.05, 3.63) is 69.2 Å². The van der Waals surface area contributed by atoms with Crippen LogP contribution in [0.15, 0.2) is 42.5 Å². The van der Waals surface area contributed by atoms with Crippen LogP contribution in [0.3, 0.4) is 0 Å². The molecule has 154 valence electrons. The van der Waals surface area contributed by atoms with Gasteiger partial charge in [0, 0.05) is 29.7 Å². The molecule has 0 aromatic heterocycles. The van der Waals surface area contributed by atoms with Crippen molar-refractivity contribution in [2.24, 2.45) is 5.73 Å². The fourth-order valence-corrected chi connectivity index (χ4v) is 3.93. The number of nitrogens with zero attached hydrogens (tertiary/aromatic N) is 1. The van der Waals surface area contributed by atoms with E-state index in [9.17, 15) is 14.7 Å². The zero-order valence-corrected chi connectivity index (χ0v) is 17.3. The number of hydrogen-bond donors (Lipinski definition) is 3. The Kier molecular flexibility index (Phi) is 7.14. The normalized spacial score (nSPS) is 17.2. The topological polar surface area (TPSA) is 95.7 Å². The summed E-state index contributed by atoms with van der Waals surface area (Å²) in [7, 11) is 0. The Balaban J connectivity index is 1.67. The Labute approximate surface area is 179 Å². The SMILES string of the molecule is NCc1ccc(Cl)cc1CNC(=O)C1CCCN1C(=O)C(O)c1cccc(Cl)c1. The first kappa shape index (κ1) is 21.6. The Morgan fingerprint density at radius 1 is 1.17 bits per heavy atom. The summed E-state index contributed by atoms with van der Waals surface area (Å²) in [6.07, 6.45) is -0.130. The molecule has 0 bridgehead atoms. The lowest BCUT2D eigenvalue weighted by molar-refractivity contribution is -0.145. The third kappa shape index (κ3) is 5.08. The van der Waals surface area contributed by atoms with Gasteiger partial charge >= 0.3 is 0 Å². The van der Waals surface area contributed by atoms with E-state index in [4.69, 9.17) is 28.9 Å². The van der Waals surface area contributed by atoms with Gasteiger partial charge in [0.05, 0.1) is 0 Å². The van der Waals surface area contributed by atoms with Crippen LogP contribution in [0.4, 0.5) is 0 Å². The summed E-state index contributed by atoms with van der Waals surface area (Å²) < 4.78 is 0. The minimum Gasteiger partial charge on any atom is -0.378 e. The van der Waals surface area contributed by atoms with Crippen LogP contribution in [0.2, 0.25) is 10.0 Å². The highest BCUT2D eigenvalue weighted by Gasteiger charge is 2.37. The Morgan fingerprint density at radius 3 is 2.66 bits per heavy atom. The molecular formula is C21H23Cl2N3O3. The van der Waals surface area contributed by atoms with Crippen LogP contribution in [0.5, 0.6) is 0 Å². The second-order valence-corrected chi connectivity index (χ2v) is 7.86. The van der Waals surface area contributed by atoms with Crippen molar-refractivity contribution in [2.75, 3.05) is 6.54 Å². The third-order valence-electron chi connectivity index (χ3n) is 5.08. The lowest BCUT2D eigenvalue weighted by Gasteiger charge is -2.26. The molecule has 1 aliphatic heterocycles. The summed E-state index contributed by atoms with van der Waals surface area (Å²) in [5.74, 6) is -0.771. The molecule has 0 radical (unpaired) electrons. The molecule has 2 atom stereocenters. The van der Waals surface area contributed by atoms with Crippen LogP contribution in [0, 0.1) is 0 Å². The second-order valence-electron chi connectivity index (χ2n) is 6.98. The van der Waals surface area contributed by atoms with Crippen LogP contribution in [0.25, 0.3) is 0 Å². The molecule has 2 amide bonds. The number of halogens is 2. The molecule has 1 fully saturated rings. The van der Waals surface area contributed by atoms with Gasteiger partial charge < -0.3 is 21.1 Å². The van der Waals surface area contributed by atoms with Crippen molar-refractivity contribution in [3.63, 3.8) is 0 Å². The highest BCUT2D eigenvalue weighted by Crippen LogP contribution is 2.25. The predicted molar refractivity (Wildman–Crippen MR) is 112 cm³/mol. The van der Waals surface area contributed by atoms with Gasteiger partial charge in [-0.3, -0.25) is 9.59 Å². The highest BCUT2D eigenvalue weighted by atomic mass is 35.5. The molecule has 29 heavy (non-hydrogen) atoms. The van der Waals surface area contributed by atoms with Crippen LogP contribution in [-0.2, 0) is 22.7 Å². The zero-order chi connectivity index (χ0) is 21.0. The standard InChI is InChI=1S/C21H23Cl2N3O3/c22-16-4-1-3-13(9-16)19(27)21(29)26-8-2-5-18(26)20(28)25-12-15-10-17(23)7-6-14(15)11-24/h1,3-4,6-7,9-10,18-19,27H,2,5,8,11-12,24H2,(H,25,28). The molecule has 0 aliphatic carbocycles. The monoisotopic (exact) mass is 435 g/mol. The van der Waals surface area contributed by atoms with Gasteiger partial charge in [0.25, 0.3) is 5.91 Å². The molecule has 2 aromatic carbocycles. The van der Waals surface area contributed by atoms with Crippen LogP contribution < -0.4 is 11.1 Å². The van der Waals surface area contributed by atoms with Crippen LogP contribution >= 0.6 is 23.2 Å². The first-order valence-corrected chi connectivity index (χ1v) is 10.2. The number of nitrogens with one attached hydrogen (secondary N) is 1. The average molecular weight is 436 g/mol. The maximum Gasteiger partial charge on any atom is 0.256 e. The number of aliphatic hydroxyl groups excluding tert-OH is 1. The van der Waals surface area contributed by atoms with Gasteiger partial charge in [0.2, 0.25) is 5.91 Å². The number of aliphatic hydroxyl groups is 1. The molecule has 2 unspecified atom stereocenters. The fourth-order valence-electron chi connectivity index (χ4n) is 3.54. The highest BCUT2D eigenvalue weighted by molar-refractivity contribution is 6.31. The van der Waals surface area contributed by atoms with E-state index in [0.717, 1.165) is 11.1 Å². The van der Waals surface area contributed by atoms with E-state index in [1.165, 1.54) is 4.90 Å². The molecule has 6 nitrogen and oxygen atoms in total. The molecule has 1 heterocycles. The zero-order valence-electron chi connectivity index (χ0n) is 15.8. The lowest BCUT2D eigenvalue weighted by atomic mass is 10.1. The number of carbonyl (C=O) groups is 2. The van der Waals surface area contributed by atoms with E-state index in [0.29, 0.717) is 41.5 Å². The van der Waals surface area contributed by atoms with Gasteiger partial charge in [0.15, 0.2) is 6.10 Å². The summed E-state index contributed by atoms with van der Waals surface area (Å²) in [4.78, 5) is 27.0. The van der Waals surface area contributed by atoms with E-state index in [2.05, 4.69) is 5.32 Å². The van der Waals surface area contributed by atoms with E-state index in [-0.39, 0.29) is 12.5 Å². The van der Waals surface area contributed by atoms with Gasteiger partial charge in [-0.05, 0) is 53.8 Å². The van der Waals surface area contributed by atoms with Gasteiger partial charge in [0.1, 0.15) is 6.04 Å². The van der Waals surface area contributed by atoms with Gasteiger partial charge in [-0.25, -0.2) is 0 Å². The molecule has 3 rings (SSSR count). The minimum absolute atomic E-state index is 0.265. The molecule has 1 aliphatic rings. The Morgan fingerprint density at radius 2 is 1.93 bits per heavy atom.